The van der Waals surface area contributed by atoms with Gasteiger partial charge in [0.1, 0.15) is 5.54 Å². The summed E-state index contributed by atoms with van der Waals surface area (Å²) in [4.78, 5) is 12.1. The zero-order valence-electron chi connectivity index (χ0n) is 13.6. The van der Waals surface area contributed by atoms with E-state index in [1.165, 1.54) is 6.07 Å². The largest absolute Gasteiger partial charge is 0.430 e. The van der Waals surface area contributed by atoms with Gasteiger partial charge in [-0.3, -0.25) is 5.32 Å². The average Bonchev–Trinajstić information content (AvgIpc) is 3.14. The Balaban J connectivity index is 1.64. The lowest BCUT2D eigenvalue weighted by Gasteiger charge is -2.15. The molecule has 1 aliphatic heterocycles. The van der Waals surface area contributed by atoms with Gasteiger partial charge in [-0.25, -0.2) is 13.2 Å². The first-order chi connectivity index (χ1) is 11.8. The molecule has 7 nitrogen and oxygen atoms in total. The van der Waals surface area contributed by atoms with E-state index in [1.807, 2.05) is 6.07 Å². The predicted molar refractivity (Wildman–Crippen MR) is 90.8 cm³/mol. The van der Waals surface area contributed by atoms with Crippen LogP contribution in [-0.2, 0) is 14.6 Å². The summed E-state index contributed by atoms with van der Waals surface area (Å²) in [6.45, 7) is 1.88. The van der Waals surface area contributed by atoms with Crippen LogP contribution in [0.1, 0.15) is 24.8 Å². The third kappa shape index (κ3) is 3.73. The Morgan fingerprint density at radius 1 is 1.48 bits per heavy atom. The Hall–Kier alpha value is -1.82. The van der Waals surface area contributed by atoms with Crippen molar-refractivity contribution in [2.45, 2.75) is 48.1 Å². The summed E-state index contributed by atoms with van der Waals surface area (Å²) in [5.41, 5.74) is -0.235. The van der Waals surface area contributed by atoms with Crippen molar-refractivity contribution in [2.75, 3.05) is 6.54 Å². The predicted octanol–water partition coefficient (Wildman–Crippen LogP) is 1.89. The Kier molecular flexibility index (Phi) is 4.66. The number of amides is 1. The maximum absolute atomic E-state index is 12.8. The molecular weight excluding hydrogens is 366 g/mol. The number of alkyl carbamates (subject to hydrolysis) is 1. The molecule has 0 aromatic heterocycles. The highest BCUT2D eigenvalue weighted by atomic mass is 35.5. The van der Waals surface area contributed by atoms with Crippen molar-refractivity contribution in [3.63, 3.8) is 0 Å². The van der Waals surface area contributed by atoms with E-state index in [2.05, 4.69) is 10.6 Å². The van der Waals surface area contributed by atoms with Crippen LogP contribution in [0.2, 0.25) is 5.02 Å². The van der Waals surface area contributed by atoms with Crippen LogP contribution in [0.15, 0.2) is 23.1 Å². The number of carbonyl (C=O) groups excluding carboxylic acids is 1. The summed E-state index contributed by atoms with van der Waals surface area (Å²) in [5.74, 6) is 0. The smallest absolute Gasteiger partial charge is 0.409 e. The number of nitriles is 1. The zero-order valence-corrected chi connectivity index (χ0v) is 15.2. The van der Waals surface area contributed by atoms with Crippen LogP contribution in [0.5, 0.6) is 0 Å². The van der Waals surface area contributed by atoms with Gasteiger partial charge in [0.2, 0.25) is 0 Å². The second-order valence-corrected chi connectivity index (χ2v) is 9.07. The standard InChI is InChI=1S/C16H18ClN3O4S/c1-10-6-11(17)2-3-13(10)25(22,23)12-7-14(19-8-12)24-15(21)20-16(9-18)4-5-16/h2-3,6,12,14,19H,4-5,7-8H2,1H3,(H,20,21)/t12-,14+/m1/s1. The normalized spacial score (nSPS) is 24.4. The molecule has 2 fully saturated rings. The van der Waals surface area contributed by atoms with Gasteiger partial charge in [0, 0.05) is 18.0 Å². The lowest BCUT2D eigenvalue weighted by molar-refractivity contribution is 0.0876. The van der Waals surface area contributed by atoms with Gasteiger partial charge in [0.15, 0.2) is 16.1 Å². The molecule has 1 saturated carbocycles. The Morgan fingerprint density at radius 3 is 2.80 bits per heavy atom. The molecule has 1 saturated heterocycles. The van der Waals surface area contributed by atoms with Gasteiger partial charge in [-0.1, -0.05) is 11.6 Å². The van der Waals surface area contributed by atoms with Crippen molar-refractivity contribution in [1.82, 2.24) is 10.6 Å². The molecule has 1 amide bonds. The molecule has 0 radical (unpaired) electrons. The molecule has 2 aliphatic rings. The second-order valence-electron chi connectivity index (χ2n) is 6.43. The van der Waals surface area contributed by atoms with Crippen molar-refractivity contribution in [3.8, 4) is 6.07 Å². The third-order valence-electron chi connectivity index (χ3n) is 4.49. The van der Waals surface area contributed by atoms with Crippen LogP contribution in [0.3, 0.4) is 0 Å². The van der Waals surface area contributed by atoms with Crippen LogP contribution in [0.25, 0.3) is 0 Å². The third-order valence-corrected chi connectivity index (χ3v) is 7.03. The Bertz CT molecular complexity index is 845. The summed E-state index contributed by atoms with van der Waals surface area (Å²) in [6, 6.07) is 6.68. The highest BCUT2D eigenvalue weighted by Crippen LogP contribution is 2.34. The number of halogens is 1. The Labute approximate surface area is 151 Å². The molecule has 2 N–H and O–H groups in total. The minimum absolute atomic E-state index is 0.150. The number of hydrogen-bond donors (Lipinski definition) is 2. The summed E-state index contributed by atoms with van der Waals surface area (Å²) in [6.07, 6.45) is -0.0658. The molecule has 1 aliphatic carbocycles. The highest BCUT2D eigenvalue weighted by molar-refractivity contribution is 7.92. The van der Waals surface area contributed by atoms with Crippen LogP contribution >= 0.6 is 11.6 Å². The van der Waals surface area contributed by atoms with Gasteiger partial charge in [-0.15, -0.1) is 0 Å². The molecule has 25 heavy (non-hydrogen) atoms. The van der Waals surface area contributed by atoms with Crippen LogP contribution in [0, 0.1) is 18.3 Å². The summed E-state index contributed by atoms with van der Waals surface area (Å²) >= 11 is 5.88. The fourth-order valence-electron chi connectivity index (χ4n) is 2.85. The molecule has 134 valence electrons. The topological polar surface area (TPSA) is 108 Å². The molecule has 9 heteroatoms. The molecular formula is C16H18ClN3O4S. The van der Waals surface area contributed by atoms with Crippen molar-refractivity contribution < 1.29 is 17.9 Å². The first-order valence-corrected chi connectivity index (χ1v) is 9.82. The summed E-state index contributed by atoms with van der Waals surface area (Å²) in [7, 11) is -3.57. The summed E-state index contributed by atoms with van der Waals surface area (Å²) in [5, 5.41) is 14.2. The van der Waals surface area contributed by atoms with Gasteiger partial charge in [-0.05, 0) is 43.5 Å². The fourth-order valence-corrected chi connectivity index (χ4v) is 4.94. The molecule has 1 aromatic carbocycles. The van der Waals surface area contributed by atoms with Gasteiger partial charge >= 0.3 is 6.09 Å². The molecule has 3 rings (SSSR count). The van der Waals surface area contributed by atoms with E-state index in [4.69, 9.17) is 21.6 Å². The van der Waals surface area contributed by atoms with Gasteiger partial charge in [0.25, 0.3) is 0 Å². The van der Waals surface area contributed by atoms with E-state index in [-0.39, 0.29) is 17.9 Å². The highest BCUT2D eigenvalue weighted by Gasteiger charge is 2.46. The van der Waals surface area contributed by atoms with Crippen LogP contribution in [0.4, 0.5) is 4.79 Å². The molecule has 2 atom stereocenters. The SMILES string of the molecule is Cc1cc(Cl)ccc1S(=O)(=O)[C@H]1CN[C@@H](OC(=O)NC2(C#N)CC2)C1. The number of aryl methyl sites for hydroxylation is 1. The first kappa shape index (κ1) is 18.0. The number of nitrogens with one attached hydrogen (secondary N) is 2. The van der Waals surface area contributed by atoms with E-state index in [1.54, 1.807) is 19.1 Å². The number of hydrogen-bond acceptors (Lipinski definition) is 6. The first-order valence-electron chi connectivity index (χ1n) is 7.89. The number of nitrogens with zero attached hydrogens (tertiary/aromatic N) is 1. The van der Waals surface area contributed by atoms with Gasteiger partial charge in [0.05, 0.1) is 16.2 Å². The number of sulfone groups is 1. The zero-order chi connectivity index (χ0) is 18.2. The monoisotopic (exact) mass is 383 g/mol. The molecule has 0 spiro atoms. The van der Waals surface area contributed by atoms with Crippen molar-refractivity contribution in [1.29, 1.82) is 5.26 Å². The number of ether oxygens (including phenoxy) is 1. The van der Waals surface area contributed by atoms with E-state index in [0.717, 1.165) is 0 Å². The van der Waals surface area contributed by atoms with Crippen molar-refractivity contribution in [3.05, 3.63) is 28.8 Å². The van der Waals surface area contributed by atoms with E-state index >= 15 is 0 Å². The second kappa shape index (κ2) is 6.48. The van der Waals surface area contributed by atoms with Gasteiger partial charge < -0.3 is 10.1 Å². The molecule has 1 aromatic rings. The number of carbonyl (C=O) groups is 1. The molecule has 1 heterocycles. The Morgan fingerprint density at radius 2 is 2.20 bits per heavy atom. The maximum Gasteiger partial charge on any atom is 0.409 e. The number of benzene rings is 1. The van der Waals surface area contributed by atoms with E-state index in [0.29, 0.717) is 23.4 Å². The van der Waals surface area contributed by atoms with E-state index in [9.17, 15) is 13.2 Å². The summed E-state index contributed by atoms with van der Waals surface area (Å²) < 4.78 is 30.8. The molecule has 0 bridgehead atoms. The minimum atomic E-state index is -3.57. The van der Waals surface area contributed by atoms with Crippen LogP contribution < -0.4 is 10.6 Å². The fraction of sp³-hybridized carbons (Fsp3) is 0.500. The lowest BCUT2D eigenvalue weighted by Crippen LogP contribution is -2.40. The van der Waals surface area contributed by atoms with E-state index < -0.39 is 32.9 Å². The van der Waals surface area contributed by atoms with Crippen LogP contribution in [-0.4, -0.2) is 38.1 Å². The van der Waals surface area contributed by atoms with Gasteiger partial charge in [-0.2, -0.15) is 5.26 Å². The van der Waals surface area contributed by atoms with Crippen molar-refractivity contribution >= 4 is 27.5 Å². The van der Waals surface area contributed by atoms with Crippen molar-refractivity contribution in [2.24, 2.45) is 0 Å². The molecule has 0 unspecified atom stereocenters. The number of rotatable bonds is 4. The maximum atomic E-state index is 12.8. The quantitative estimate of drug-likeness (QED) is 0.821. The lowest BCUT2D eigenvalue weighted by atomic mass is 10.2. The average molecular weight is 384 g/mol. The minimum Gasteiger partial charge on any atom is -0.430 e.